The van der Waals surface area contributed by atoms with Crippen LogP contribution in [0.3, 0.4) is 0 Å². The third kappa shape index (κ3) is 3.78. The van der Waals surface area contributed by atoms with Crippen LogP contribution >= 0.6 is 0 Å². The van der Waals surface area contributed by atoms with E-state index in [1.54, 1.807) is 0 Å². The van der Waals surface area contributed by atoms with Gasteiger partial charge in [0.2, 0.25) is 0 Å². The number of aromatic amines is 1. The van der Waals surface area contributed by atoms with E-state index in [2.05, 4.69) is 10.2 Å². The first kappa shape index (κ1) is 17.5. The van der Waals surface area contributed by atoms with E-state index in [-0.39, 0.29) is 18.1 Å². The number of hydrogen-bond acceptors (Lipinski definition) is 3. The van der Waals surface area contributed by atoms with E-state index in [9.17, 15) is 4.79 Å². The summed E-state index contributed by atoms with van der Waals surface area (Å²) in [6.45, 7) is 5.26. The van der Waals surface area contributed by atoms with Crippen LogP contribution in [0.2, 0.25) is 0 Å². The molecule has 0 saturated carbocycles. The van der Waals surface area contributed by atoms with Crippen LogP contribution in [-0.4, -0.2) is 46.3 Å². The lowest BCUT2D eigenvalue weighted by Gasteiger charge is -2.35. The van der Waals surface area contributed by atoms with Crippen molar-refractivity contribution in [1.29, 1.82) is 0 Å². The van der Waals surface area contributed by atoms with Crippen molar-refractivity contribution in [2.24, 2.45) is 0 Å². The number of hydrogen-bond donors (Lipinski definition) is 1. The van der Waals surface area contributed by atoms with Gasteiger partial charge < -0.3 is 9.64 Å². The van der Waals surface area contributed by atoms with Crippen molar-refractivity contribution < 1.29 is 9.53 Å². The van der Waals surface area contributed by atoms with Crippen molar-refractivity contribution in [2.75, 3.05) is 13.1 Å². The highest BCUT2D eigenvalue weighted by Gasteiger charge is 2.26. The van der Waals surface area contributed by atoms with E-state index in [0.29, 0.717) is 18.7 Å². The summed E-state index contributed by atoms with van der Waals surface area (Å²) < 4.78 is 5.71. The Kier molecular flexibility index (Phi) is 4.77. The molecule has 2 heterocycles. The summed E-state index contributed by atoms with van der Waals surface area (Å²) in [7, 11) is 0. The Morgan fingerprint density at radius 2 is 1.67 bits per heavy atom. The van der Waals surface area contributed by atoms with E-state index in [4.69, 9.17) is 4.74 Å². The number of benzene rings is 2. The average molecular weight is 361 g/mol. The van der Waals surface area contributed by atoms with E-state index >= 15 is 0 Å². The van der Waals surface area contributed by atoms with Gasteiger partial charge in [-0.15, -0.1) is 0 Å². The molecule has 0 spiro atoms. The van der Waals surface area contributed by atoms with Gasteiger partial charge in [-0.1, -0.05) is 42.5 Å². The third-order valence-electron chi connectivity index (χ3n) is 4.80. The number of carbonyl (C=O) groups excluding carboxylic acids is 1. The summed E-state index contributed by atoms with van der Waals surface area (Å²) in [5.74, 6) is 0.0538. The topological polar surface area (TPSA) is 58.2 Å². The Bertz CT molecular complexity index is 908. The molecule has 1 amide bonds. The summed E-state index contributed by atoms with van der Waals surface area (Å²) >= 11 is 0. The van der Waals surface area contributed by atoms with Crippen LogP contribution < -0.4 is 0 Å². The fraction of sp³-hybridized carbons (Fsp3) is 0.273. The molecule has 1 aromatic heterocycles. The molecule has 1 aliphatic rings. The molecule has 1 saturated heterocycles. The zero-order valence-corrected chi connectivity index (χ0v) is 15.6. The summed E-state index contributed by atoms with van der Waals surface area (Å²) in [5.41, 5.74) is 4.61. The molecule has 5 heteroatoms. The van der Waals surface area contributed by atoms with Crippen molar-refractivity contribution in [3.05, 3.63) is 66.2 Å². The van der Waals surface area contributed by atoms with Crippen molar-refractivity contribution in [3.63, 3.8) is 0 Å². The maximum atomic E-state index is 12.8. The summed E-state index contributed by atoms with van der Waals surface area (Å²) in [5, 5.41) is 7.48. The van der Waals surface area contributed by atoms with Gasteiger partial charge in [0.1, 0.15) is 0 Å². The highest BCUT2D eigenvalue weighted by molar-refractivity contribution is 5.94. The van der Waals surface area contributed by atoms with Gasteiger partial charge in [-0.25, -0.2) is 0 Å². The Labute approximate surface area is 159 Å². The van der Waals surface area contributed by atoms with Crippen molar-refractivity contribution in [1.82, 2.24) is 15.1 Å². The predicted molar refractivity (Wildman–Crippen MR) is 105 cm³/mol. The second kappa shape index (κ2) is 7.37. The first-order valence-corrected chi connectivity index (χ1v) is 9.26. The molecular formula is C22H23N3O2. The van der Waals surface area contributed by atoms with Gasteiger partial charge in [0, 0.05) is 24.2 Å². The largest absolute Gasteiger partial charge is 0.372 e. The predicted octanol–water partition coefficient (Wildman–Crippen LogP) is 3.99. The Morgan fingerprint density at radius 3 is 2.33 bits per heavy atom. The maximum absolute atomic E-state index is 12.8. The van der Waals surface area contributed by atoms with Gasteiger partial charge in [-0.3, -0.25) is 9.89 Å². The molecule has 138 valence electrons. The summed E-state index contributed by atoms with van der Waals surface area (Å²) in [4.78, 5) is 14.7. The standard InChI is InChI=1S/C22H23N3O2/c1-15-13-25(14-16(2)27-15)22(26)19-10-8-18(9-11-19)21-12-20(23-24-21)17-6-4-3-5-7-17/h3-12,15-16H,13-14H2,1-2H3,(H,23,24). The molecule has 4 rings (SSSR count). The van der Waals surface area contributed by atoms with Gasteiger partial charge in [0.15, 0.2) is 0 Å². The lowest BCUT2D eigenvalue weighted by atomic mass is 10.1. The Hall–Kier alpha value is -2.92. The van der Waals surface area contributed by atoms with Crippen molar-refractivity contribution >= 4 is 5.91 Å². The number of nitrogens with zero attached hydrogens (tertiary/aromatic N) is 2. The SMILES string of the molecule is CC1CN(C(=O)c2ccc(-c3cc(-c4ccccc4)n[nH]3)cc2)CC(C)O1. The van der Waals surface area contributed by atoms with Crippen molar-refractivity contribution in [2.45, 2.75) is 26.1 Å². The number of morpholine rings is 1. The van der Waals surface area contributed by atoms with Crippen LogP contribution in [-0.2, 0) is 4.74 Å². The second-order valence-corrected chi connectivity index (χ2v) is 7.08. The number of carbonyl (C=O) groups is 1. The summed E-state index contributed by atoms with van der Waals surface area (Å²) in [6.07, 6.45) is 0.136. The van der Waals surface area contributed by atoms with Crippen LogP contribution in [0.25, 0.3) is 22.5 Å². The van der Waals surface area contributed by atoms with Gasteiger partial charge >= 0.3 is 0 Å². The fourth-order valence-electron chi connectivity index (χ4n) is 3.55. The van der Waals surface area contributed by atoms with E-state index < -0.39 is 0 Å². The van der Waals surface area contributed by atoms with Crippen LogP contribution in [0.15, 0.2) is 60.7 Å². The molecule has 3 aromatic rings. The number of ether oxygens (including phenoxy) is 1. The zero-order chi connectivity index (χ0) is 18.8. The quantitative estimate of drug-likeness (QED) is 0.767. The number of H-pyrrole nitrogens is 1. The maximum Gasteiger partial charge on any atom is 0.254 e. The molecular weight excluding hydrogens is 338 g/mol. The smallest absolute Gasteiger partial charge is 0.254 e. The van der Waals surface area contributed by atoms with Crippen LogP contribution in [0.1, 0.15) is 24.2 Å². The van der Waals surface area contributed by atoms with Gasteiger partial charge in [-0.05, 0) is 37.6 Å². The minimum Gasteiger partial charge on any atom is -0.372 e. The molecule has 2 unspecified atom stereocenters. The second-order valence-electron chi connectivity index (χ2n) is 7.08. The summed E-state index contributed by atoms with van der Waals surface area (Å²) in [6, 6.07) is 19.8. The monoisotopic (exact) mass is 361 g/mol. The first-order valence-electron chi connectivity index (χ1n) is 9.26. The molecule has 0 aliphatic carbocycles. The lowest BCUT2D eigenvalue weighted by molar-refractivity contribution is -0.0586. The normalized spacial score (nSPS) is 19.9. The Morgan fingerprint density at radius 1 is 1.00 bits per heavy atom. The molecule has 27 heavy (non-hydrogen) atoms. The highest BCUT2D eigenvalue weighted by Crippen LogP contribution is 2.24. The molecule has 2 atom stereocenters. The Balaban J connectivity index is 1.51. The van der Waals surface area contributed by atoms with E-state index in [0.717, 1.165) is 22.5 Å². The molecule has 0 radical (unpaired) electrons. The van der Waals surface area contributed by atoms with Gasteiger partial charge in [0.05, 0.1) is 23.6 Å². The molecule has 5 nitrogen and oxygen atoms in total. The van der Waals surface area contributed by atoms with E-state index in [1.165, 1.54) is 0 Å². The molecule has 0 bridgehead atoms. The van der Waals surface area contributed by atoms with Crippen LogP contribution in [0.5, 0.6) is 0 Å². The van der Waals surface area contributed by atoms with Crippen molar-refractivity contribution in [3.8, 4) is 22.5 Å². The third-order valence-corrected chi connectivity index (χ3v) is 4.80. The van der Waals surface area contributed by atoms with Crippen LogP contribution in [0, 0.1) is 0 Å². The number of rotatable bonds is 3. The van der Waals surface area contributed by atoms with E-state index in [1.807, 2.05) is 79.4 Å². The number of aromatic nitrogens is 2. The first-order chi connectivity index (χ1) is 13.1. The average Bonchev–Trinajstić information content (AvgIpc) is 3.18. The molecule has 1 aliphatic heterocycles. The number of amides is 1. The van der Waals surface area contributed by atoms with Gasteiger partial charge in [-0.2, -0.15) is 5.10 Å². The molecule has 1 N–H and O–H groups in total. The van der Waals surface area contributed by atoms with Crippen LogP contribution in [0.4, 0.5) is 0 Å². The molecule has 1 fully saturated rings. The lowest BCUT2D eigenvalue weighted by Crippen LogP contribution is -2.48. The minimum absolute atomic E-state index is 0.0538. The zero-order valence-electron chi connectivity index (χ0n) is 15.6. The minimum atomic E-state index is 0.0538. The van der Waals surface area contributed by atoms with Gasteiger partial charge in [0.25, 0.3) is 5.91 Å². The fourth-order valence-corrected chi connectivity index (χ4v) is 3.55. The number of nitrogens with one attached hydrogen (secondary N) is 1. The highest BCUT2D eigenvalue weighted by atomic mass is 16.5. The molecule has 2 aromatic carbocycles.